The molecule has 2 aromatic heterocycles. The third kappa shape index (κ3) is 4.71. The summed E-state index contributed by atoms with van der Waals surface area (Å²) >= 11 is 7.77. The molecule has 2 N–H and O–H groups in total. The van der Waals surface area contributed by atoms with E-state index in [4.69, 9.17) is 11.6 Å². The number of nitrogens with zero attached hydrogens (tertiary/aromatic N) is 1. The van der Waals surface area contributed by atoms with Crippen molar-refractivity contribution in [1.29, 1.82) is 0 Å². The zero-order valence-electron chi connectivity index (χ0n) is 18.4. The number of fused-ring (bicyclic) bond motifs is 1. The minimum Gasteiger partial charge on any atom is -0.321 e. The number of hydrogen-bond donors (Lipinski definition) is 2. The number of aromatic nitrogens is 1. The normalized spacial score (nSPS) is 15.7. The molecular weight excluding hydrogens is 442 g/mol. The molecule has 0 radical (unpaired) electrons. The SMILES string of the molecule is CC(C)(C)[C@H]1CCc2c(sc(NC(=O)c3ccncc3)c2C(=O)Nc2ccccc2Cl)C1. The molecule has 0 saturated carbocycles. The summed E-state index contributed by atoms with van der Waals surface area (Å²) in [5, 5.41) is 6.96. The van der Waals surface area contributed by atoms with Crippen LogP contribution in [0.1, 0.15) is 58.3 Å². The number of hydrogen-bond acceptors (Lipinski definition) is 4. The minimum atomic E-state index is -0.259. The van der Waals surface area contributed by atoms with Crippen molar-refractivity contribution in [2.45, 2.75) is 40.0 Å². The smallest absolute Gasteiger partial charge is 0.258 e. The Kier molecular flexibility index (Phi) is 6.35. The fourth-order valence-corrected chi connectivity index (χ4v) is 5.58. The number of nitrogens with one attached hydrogen (secondary N) is 2. The Hall–Kier alpha value is -2.70. The molecule has 0 unspecified atom stereocenters. The summed E-state index contributed by atoms with van der Waals surface area (Å²) in [5.74, 6) is 0.0110. The van der Waals surface area contributed by atoms with Crippen LogP contribution in [0.4, 0.5) is 10.7 Å². The van der Waals surface area contributed by atoms with E-state index >= 15 is 0 Å². The maximum absolute atomic E-state index is 13.4. The number of rotatable bonds is 4. The van der Waals surface area contributed by atoms with Crippen molar-refractivity contribution in [1.82, 2.24) is 4.98 Å². The van der Waals surface area contributed by atoms with E-state index in [0.717, 1.165) is 24.8 Å². The van der Waals surface area contributed by atoms with Gasteiger partial charge in [0.05, 0.1) is 16.3 Å². The molecule has 0 aliphatic heterocycles. The van der Waals surface area contributed by atoms with Crippen molar-refractivity contribution in [3.8, 4) is 0 Å². The molecule has 5 nitrogen and oxygen atoms in total. The average Bonchev–Trinajstić information content (AvgIpc) is 3.12. The molecule has 166 valence electrons. The molecule has 32 heavy (non-hydrogen) atoms. The van der Waals surface area contributed by atoms with Crippen LogP contribution in [0, 0.1) is 11.3 Å². The van der Waals surface area contributed by atoms with Crippen molar-refractivity contribution in [2.75, 3.05) is 10.6 Å². The molecule has 0 saturated heterocycles. The lowest BCUT2D eigenvalue weighted by molar-refractivity contribution is 0.102. The van der Waals surface area contributed by atoms with E-state index in [2.05, 4.69) is 36.4 Å². The number of benzene rings is 1. The highest BCUT2D eigenvalue weighted by molar-refractivity contribution is 7.17. The summed E-state index contributed by atoms with van der Waals surface area (Å²) in [6.45, 7) is 6.77. The number of para-hydroxylation sites is 1. The maximum Gasteiger partial charge on any atom is 0.258 e. The van der Waals surface area contributed by atoms with E-state index in [1.807, 2.05) is 12.1 Å². The van der Waals surface area contributed by atoms with Crippen LogP contribution in [-0.2, 0) is 12.8 Å². The Morgan fingerprint density at radius 2 is 1.78 bits per heavy atom. The highest BCUT2D eigenvalue weighted by Crippen LogP contribution is 2.44. The van der Waals surface area contributed by atoms with E-state index in [1.54, 1.807) is 36.7 Å². The Morgan fingerprint density at radius 3 is 2.47 bits per heavy atom. The van der Waals surface area contributed by atoms with Gasteiger partial charge in [0, 0.05) is 22.8 Å². The fraction of sp³-hybridized carbons (Fsp3) is 0.320. The van der Waals surface area contributed by atoms with Crippen LogP contribution in [0.2, 0.25) is 5.02 Å². The number of amides is 2. The first-order valence-corrected chi connectivity index (χ1v) is 11.8. The minimum absolute atomic E-state index is 0.183. The lowest BCUT2D eigenvalue weighted by Crippen LogP contribution is -2.27. The van der Waals surface area contributed by atoms with Gasteiger partial charge >= 0.3 is 0 Å². The van der Waals surface area contributed by atoms with Crippen molar-refractivity contribution in [3.63, 3.8) is 0 Å². The van der Waals surface area contributed by atoms with E-state index < -0.39 is 0 Å². The summed E-state index contributed by atoms with van der Waals surface area (Å²) in [4.78, 5) is 31.4. The van der Waals surface area contributed by atoms with Gasteiger partial charge in [-0.25, -0.2) is 0 Å². The second-order valence-corrected chi connectivity index (χ2v) is 10.7. The molecule has 3 aromatic rings. The summed E-state index contributed by atoms with van der Waals surface area (Å²) in [6.07, 6.45) is 5.88. The van der Waals surface area contributed by atoms with Gasteiger partial charge in [-0.15, -0.1) is 11.3 Å². The first-order valence-electron chi connectivity index (χ1n) is 10.7. The molecule has 0 fully saturated rings. The first-order chi connectivity index (χ1) is 15.2. The van der Waals surface area contributed by atoms with Crippen LogP contribution in [-0.4, -0.2) is 16.8 Å². The number of carbonyl (C=O) groups excluding carboxylic acids is 2. The van der Waals surface area contributed by atoms with Crippen molar-refractivity contribution < 1.29 is 9.59 Å². The van der Waals surface area contributed by atoms with Gasteiger partial charge in [0.2, 0.25) is 0 Å². The van der Waals surface area contributed by atoms with Gasteiger partial charge in [-0.1, -0.05) is 44.5 Å². The van der Waals surface area contributed by atoms with Gasteiger partial charge in [0.15, 0.2) is 0 Å². The Bertz CT molecular complexity index is 1150. The van der Waals surface area contributed by atoms with Gasteiger partial charge in [0.1, 0.15) is 5.00 Å². The standard InChI is InChI=1S/C25H26ClN3O2S/c1-25(2,3)16-8-9-17-20(14-16)32-24(29-22(30)15-10-12-27-13-11-15)21(17)23(31)28-19-7-5-4-6-18(19)26/h4-7,10-13,16H,8-9,14H2,1-3H3,(H,28,31)(H,29,30)/t16-/m0/s1. The molecule has 1 atom stereocenters. The zero-order chi connectivity index (χ0) is 22.9. The average molecular weight is 468 g/mol. The summed E-state index contributed by atoms with van der Waals surface area (Å²) < 4.78 is 0. The van der Waals surface area contributed by atoms with E-state index in [-0.39, 0.29) is 17.2 Å². The molecule has 2 amide bonds. The predicted molar refractivity (Wildman–Crippen MR) is 131 cm³/mol. The molecule has 0 bridgehead atoms. The van der Waals surface area contributed by atoms with Gasteiger partial charge < -0.3 is 10.6 Å². The van der Waals surface area contributed by atoms with E-state index in [9.17, 15) is 9.59 Å². The predicted octanol–water partition coefficient (Wildman–Crippen LogP) is 6.45. The van der Waals surface area contributed by atoms with Gasteiger partial charge in [-0.05, 0) is 60.4 Å². The summed E-state index contributed by atoms with van der Waals surface area (Å²) in [6, 6.07) is 10.5. The summed E-state index contributed by atoms with van der Waals surface area (Å²) in [7, 11) is 0. The van der Waals surface area contributed by atoms with Crippen LogP contribution in [0.5, 0.6) is 0 Å². The monoisotopic (exact) mass is 467 g/mol. The number of halogens is 1. The molecule has 1 aromatic carbocycles. The molecule has 1 aliphatic rings. The third-order valence-corrected chi connectivity index (χ3v) is 7.51. The summed E-state index contributed by atoms with van der Waals surface area (Å²) in [5.41, 5.74) is 2.80. The Morgan fingerprint density at radius 1 is 1.06 bits per heavy atom. The van der Waals surface area contributed by atoms with Crippen LogP contribution in [0.15, 0.2) is 48.8 Å². The van der Waals surface area contributed by atoms with Crippen LogP contribution in [0.3, 0.4) is 0 Å². The highest BCUT2D eigenvalue weighted by atomic mass is 35.5. The Labute approximate surface area is 197 Å². The number of thiophene rings is 1. The van der Waals surface area contributed by atoms with E-state index in [0.29, 0.717) is 32.8 Å². The third-order valence-electron chi connectivity index (χ3n) is 6.01. The Balaban J connectivity index is 1.70. The van der Waals surface area contributed by atoms with E-state index in [1.165, 1.54) is 16.2 Å². The quantitative estimate of drug-likeness (QED) is 0.463. The molecule has 7 heteroatoms. The van der Waals surface area contributed by atoms with Gasteiger partial charge in [0.25, 0.3) is 11.8 Å². The zero-order valence-corrected chi connectivity index (χ0v) is 19.9. The highest BCUT2D eigenvalue weighted by Gasteiger charge is 2.34. The molecule has 0 spiro atoms. The van der Waals surface area contributed by atoms with Crippen molar-refractivity contribution in [3.05, 3.63) is 75.4 Å². The lowest BCUT2D eigenvalue weighted by atomic mass is 9.72. The maximum atomic E-state index is 13.4. The molecule has 1 aliphatic carbocycles. The molecule has 2 heterocycles. The fourth-order valence-electron chi connectivity index (χ4n) is 4.08. The second-order valence-electron chi connectivity index (χ2n) is 9.14. The topological polar surface area (TPSA) is 71.1 Å². The number of anilines is 2. The van der Waals surface area contributed by atoms with Crippen LogP contribution >= 0.6 is 22.9 Å². The van der Waals surface area contributed by atoms with Crippen LogP contribution in [0.25, 0.3) is 0 Å². The second kappa shape index (κ2) is 9.04. The van der Waals surface area contributed by atoms with Gasteiger partial charge in [-0.3, -0.25) is 14.6 Å². The molecule has 4 rings (SSSR count). The van der Waals surface area contributed by atoms with Crippen molar-refractivity contribution >= 4 is 45.4 Å². The largest absolute Gasteiger partial charge is 0.321 e. The van der Waals surface area contributed by atoms with Gasteiger partial charge in [-0.2, -0.15) is 0 Å². The molecular formula is C25H26ClN3O2S. The lowest BCUT2D eigenvalue weighted by Gasteiger charge is -2.33. The van der Waals surface area contributed by atoms with Crippen LogP contribution < -0.4 is 10.6 Å². The first kappa shape index (κ1) is 22.5. The number of carbonyl (C=O) groups is 2. The van der Waals surface area contributed by atoms with Crippen molar-refractivity contribution in [2.24, 2.45) is 11.3 Å². The number of pyridine rings is 1.